The molecule has 84 valence electrons. The van der Waals surface area contributed by atoms with E-state index in [1.165, 1.54) is 13.1 Å². The fraction of sp³-hybridized carbons (Fsp3) is 0.250. The van der Waals surface area contributed by atoms with Crippen LogP contribution >= 0.6 is 0 Å². The Morgan fingerprint density at radius 1 is 1.53 bits per heavy atom. The van der Waals surface area contributed by atoms with Crippen LogP contribution in [0.1, 0.15) is 12.6 Å². The zero-order valence-electron chi connectivity index (χ0n) is 8.11. The summed E-state index contributed by atoms with van der Waals surface area (Å²) >= 11 is 0. The minimum Gasteiger partial charge on any atom is -0.411 e. The first-order chi connectivity index (χ1) is 6.99. The van der Waals surface area contributed by atoms with Gasteiger partial charge in [-0.3, -0.25) is 9.54 Å². The Hall–Kier alpha value is -1.47. The van der Waals surface area contributed by atoms with Crippen molar-refractivity contribution in [1.82, 2.24) is 4.98 Å². The molecule has 0 spiro atoms. The van der Waals surface area contributed by atoms with E-state index in [4.69, 9.17) is 9.76 Å². The van der Waals surface area contributed by atoms with Crippen LogP contribution in [-0.2, 0) is 10.1 Å². The van der Waals surface area contributed by atoms with Crippen LogP contribution in [0.25, 0.3) is 0 Å². The lowest BCUT2D eigenvalue weighted by atomic mass is 10.4. The highest BCUT2D eigenvalue weighted by Gasteiger charge is 1.93. The zero-order chi connectivity index (χ0) is 11.7. The summed E-state index contributed by atoms with van der Waals surface area (Å²) in [4.78, 5) is 3.86. The molecule has 0 unspecified atom stereocenters. The Labute approximate surface area is 88.0 Å². The van der Waals surface area contributed by atoms with Gasteiger partial charge < -0.3 is 5.21 Å². The van der Waals surface area contributed by atoms with Crippen LogP contribution in [0.3, 0.4) is 0 Å². The molecule has 1 aromatic rings. The molecule has 6 nitrogen and oxygen atoms in total. The smallest absolute Gasteiger partial charge is 0.264 e. The predicted octanol–water partition coefficient (Wildman–Crippen LogP) is 0.784. The average molecular weight is 232 g/mol. The number of hydrogen-bond donors (Lipinski definition) is 2. The van der Waals surface area contributed by atoms with Crippen molar-refractivity contribution in [3.05, 3.63) is 30.1 Å². The molecule has 1 heterocycles. The van der Waals surface area contributed by atoms with Gasteiger partial charge in [-0.15, -0.1) is 0 Å². The number of rotatable bonds is 2. The standard InChI is InChI=1S/C6H6N2O.C2H6O3S/c9-8-5-6-3-1-2-4-7-6;1-2-6(3,4)5/h1-5,9H;2H2,1H3,(H,3,4,5). The molecule has 1 rings (SSSR count). The van der Waals surface area contributed by atoms with E-state index in [0.29, 0.717) is 5.69 Å². The van der Waals surface area contributed by atoms with E-state index in [1.54, 1.807) is 18.3 Å². The number of aromatic nitrogens is 1. The molecule has 0 aromatic carbocycles. The first-order valence-electron chi connectivity index (χ1n) is 4.03. The molecule has 2 N–H and O–H groups in total. The summed E-state index contributed by atoms with van der Waals surface area (Å²) in [5, 5.41) is 10.9. The molecule has 0 aliphatic heterocycles. The minimum atomic E-state index is -3.66. The highest BCUT2D eigenvalue weighted by Crippen LogP contribution is 1.86. The minimum absolute atomic E-state index is 0.201. The van der Waals surface area contributed by atoms with Gasteiger partial charge in [0, 0.05) is 6.20 Å². The molecule has 0 fully saturated rings. The van der Waals surface area contributed by atoms with Crippen LogP contribution in [-0.4, -0.2) is 35.1 Å². The normalized spacial score (nSPS) is 10.8. The molecule has 7 heteroatoms. The maximum absolute atomic E-state index is 9.56. The fourth-order valence-corrected chi connectivity index (χ4v) is 0.511. The van der Waals surface area contributed by atoms with Gasteiger partial charge in [-0.2, -0.15) is 8.42 Å². The Balaban J connectivity index is 0.000000288. The van der Waals surface area contributed by atoms with Gasteiger partial charge >= 0.3 is 0 Å². The quantitative estimate of drug-likeness (QED) is 0.340. The van der Waals surface area contributed by atoms with Crippen LogP contribution < -0.4 is 0 Å². The molecule has 0 saturated heterocycles. The Morgan fingerprint density at radius 3 is 2.47 bits per heavy atom. The number of nitrogens with zero attached hydrogens (tertiary/aromatic N) is 2. The van der Waals surface area contributed by atoms with Crippen molar-refractivity contribution < 1.29 is 18.2 Å². The molecule has 0 bridgehead atoms. The summed E-state index contributed by atoms with van der Waals surface area (Å²) in [6.07, 6.45) is 2.91. The molecule has 0 aliphatic rings. The Morgan fingerprint density at radius 2 is 2.13 bits per heavy atom. The van der Waals surface area contributed by atoms with E-state index in [0.717, 1.165) is 0 Å². The largest absolute Gasteiger partial charge is 0.411 e. The SMILES string of the molecule is CCS(=O)(=O)O.ON=Cc1ccccn1. The van der Waals surface area contributed by atoms with E-state index >= 15 is 0 Å². The van der Waals surface area contributed by atoms with Crippen molar-refractivity contribution in [3.8, 4) is 0 Å². The second-order valence-electron chi connectivity index (χ2n) is 2.37. The summed E-state index contributed by atoms with van der Waals surface area (Å²) in [7, 11) is -3.66. The van der Waals surface area contributed by atoms with E-state index in [-0.39, 0.29) is 5.75 Å². The summed E-state index contributed by atoms with van der Waals surface area (Å²) < 4.78 is 26.9. The van der Waals surface area contributed by atoms with E-state index < -0.39 is 10.1 Å². The van der Waals surface area contributed by atoms with E-state index in [2.05, 4.69) is 10.1 Å². The highest BCUT2D eigenvalue weighted by molar-refractivity contribution is 7.85. The Kier molecular flexibility index (Phi) is 6.23. The van der Waals surface area contributed by atoms with E-state index in [9.17, 15) is 8.42 Å². The van der Waals surface area contributed by atoms with Gasteiger partial charge in [0.15, 0.2) is 0 Å². The third kappa shape index (κ3) is 8.85. The van der Waals surface area contributed by atoms with Crippen LogP contribution in [0, 0.1) is 0 Å². The maximum Gasteiger partial charge on any atom is 0.264 e. The third-order valence-electron chi connectivity index (χ3n) is 1.24. The molecular formula is C8H12N2O4S. The molecule has 0 atom stereocenters. The fourth-order valence-electron chi connectivity index (χ4n) is 0.511. The highest BCUT2D eigenvalue weighted by atomic mass is 32.2. The lowest BCUT2D eigenvalue weighted by Gasteiger charge is -1.84. The van der Waals surface area contributed by atoms with Crippen molar-refractivity contribution in [2.45, 2.75) is 6.92 Å². The molecule has 0 amide bonds. The molecule has 0 aliphatic carbocycles. The second-order valence-corrected chi connectivity index (χ2v) is 4.11. The van der Waals surface area contributed by atoms with Gasteiger partial charge in [0.05, 0.1) is 17.7 Å². The second kappa shape index (κ2) is 6.91. The van der Waals surface area contributed by atoms with Gasteiger partial charge in [-0.25, -0.2) is 0 Å². The number of hydrogen-bond acceptors (Lipinski definition) is 5. The van der Waals surface area contributed by atoms with Crippen LogP contribution in [0.5, 0.6) is 0 Å². The number of oxime groups is 1. The lowest BCUT2D eigenvalue weighted by molar-refractivity contribution is 0.321. The predicted molar refractivity (Wildman–Crippen MR) is 55.7 cm³/mol. The summed E-state index contributed by atoms with van der Waals surface area (Å²) in [6, 6.07) is 5.37. The van der Waals surface area contributed by atoms with Gasteiger partial charge in [0.2, 0.25) is 0 Å². The molecular weight excluding hydrogens is 220 g/mol. The summed E-state index contributed by atoms with van der Waals surface area (Å²) in [5.41, 5.74) is 0.653. The van der Waals surface area contributed by atoms with Crippen LogP contribution in [0.15, 0.2) is 29.6 Å². The topological polar surface area (TPSA) is 99.9 Å². The van der Waals surface area contributed by atoms with Crippen molar-refractivity contribution in [3.63, 3.8) is 0 Å². The van der Waals surface area contributed by atoms with Crippen molar-refractivity contribution >= 4 is 16.3 Å². The molecule has 1 aromatic heterocycles. The Bertz CT molecular complexity index is 388. The first kappa shape index (κ1) is 13.5. The van der Waals surface area contributed by atoms with E-state index in [1.807, 2.05) is 6.07 Å². The summed E-state index contributed by atoms with van der Waals surface area (Å²) in [5.74, 6) is -0.201. The van der Waals surface area contributed by atoms with Gasteiger partial charge in [-0.1, -0.05) is 11.2 Å². The van der Waals surface area contributed by atoms with Gasteiger partial charge in [-0.05, 0) is 19.1 Å². The summed E-state index contributed by atoms with van der Waals surface area (Å²) in [6.45, 7) is 1.37. The zero-order valence-corrected chi connectivity index (χ0v) is 8.92. The third-order valence-corrected chi connectivity index (χ3v) is 1.97. The van der Waals surface area contributed by atoms with Gasteiger partial charge in [0.1, 0.15) is 0 Å². The van der Waals surface area contributed by atoms with Crippen molar-refractivity contribution in [2.24, 2.45) is 5.16 Å². The number of pyridine rings is 1. The molecule has 15 heavy (non-hydrogen) atoms. The average Bonchev–Trinajstić information content (AvgIpc) is 2.20. The molecule has 0 radical (unpaired) electrons. The van der Waals surface area contributed by atoms with Gasteiger partial charge in [0.25, 0.3) is 10.1 Å². The maximum atomic E-state index is 9.56. The lowest BCUT2D eigenvalue weighted by Crippen LogP contribution is -1.97. The van der Waals surface area contributed by atoms with Crippen LogP contribution in [0.2, 0.25) is 0 Å². The monoisotopic (exact) mass is 232 g/mol. The molecule has 0 saturated carbocycles. The first-order valence-corrected chi connectivity index (χ1v) is 5.64. The van der Waals surface area contributed by atoms with Crippen LogP contribution in [0.4, 0.5) is 0 Å². The van der Waals surface area contributed by atoms with Crippen molar-refractivity contribution in [1.29, 1.82) is 0 Å². The van der Waals surface area contributed by atoms with Crippen molar-refractivity contribution in [2.75, 3.05) is 5.75 Å².